The molecule has 3 rings (SSSR count). The summed E-state index contributed by atoms with van der Waals surface area (Å²) in [6.45, 7) is 3.53. The van der Waals surface area contributed by atoms with Gasteiger partial charge in [0.05, 0.1) is 11.5 Å². The molecular weight excluding hydrogens is 272 g/mol. The van der Waals surface area contributed by atoms with Gasteiger partial charge in [0.25, 0.3) is 0 Å². The minimum Gasteiger partial charge on any atom is -0.391 e. The molecular formula is C14H20N4OS. The first-order valence-corrected chi connectivity index (χ1v) is 8.07. The molecule has 1 aliphatic rings. The van der Waals surface area contributed by atoms with E-state index in [4.69, 9.17) is 0 Å². The molecule has 5 nitrogen and oxygen atoms in total. The summed E-state index contributed by atoms with van der Waals surface area (Å²) in [5.74, 6) is 1.94. The summed E-state index contributed by atoms with van der Waals surface area (Å²) >= 11 is 1.61. The number of aliphatic hydroxyl groups excluding tert-OH is 1. The maximum Gasteiger partial charge on any atom is 0.226 e. The molecule has 1 saturated carbocycles. The molecule has 0 saturated heterocycles. The van der Waals surface area contributed by atoms with E-state index in [2.05, 4.69) is 27.5 Å². The second-order valence-corrected chi connectivity index (χ2v) is 6.14. The Labute approximate surface area is 122 Å². The minimum atomic E-state index is -0.272. The summed E-state index contributed by atoms with van der Waals surface area (Å²) in [5.41, 5.74) is 0. The number of fused-ring (bicyclic) bond motifs is 1. The number of aliphatic hydroxyl groups is 1. The van der Waals surface area contributed by atoms with E-state index in [1.54, 1.807) is 11.3 Å². The van der Waals surface area contributed by atoms with Gasteiger partial charge in [-0.25, -0.2) is 4.98 Å². The lowest BCUT2D eigenvalue weighted by atomic mass is 10.2. The zero-order chi connectivity index (χ0) is 13.9. The van der Waals surface area contributed by atoms with Crippen LogP contribution in [-0.4, -0.2) is 34.3 Å². The second kappa shape index (κ2) is 5.93. The summed E-state index contributed by atoms with van der Waals surface area (Å²) in [4.78, 5) is 10.0. The van der Waals surface area contributed by atoms with Crippen LogP contribution in [0.1, 0.15) is 26.2 Å². The summed E-state index contributed by atoms with van der Waals surface area (Å²) in [7, 11) is 0. The van der Waals surface area contributed by atoms with E-state index in [-0.39, 0.29) is 6.10 Å². The van der Waals surface area contributed by atoms with Crippen LogP contribution in [0.25, 0.3) is 10.2 Å². The Hall–Kier alpha value is -1.40. The maximum atomic E-state index is 9.96. The van der Waals surface area contributed by atoms with Crippen LogP contribution in [0.2, 0.25) is 0 Å². The number of nitrogens with one attached hydrogen (secondary N) is 2. The van der Waals surface area contributed by atoms with Crippen LogP contribution < -0.4 is 10.6 Å². The van der Waals surface area contributed by atoms with E-state index >= 15 is 0 Å². The van der Waals surface area contributed by atoms with Crippen molar-refractivity contribution in [3.8, 4) is 0 Å². The summed E-state index contributed by atoms with van der Waals surface area (Å²) in [5, 5.41) is 19.5. The maximum absolute atomic E-state index is 9.96. The van der Waals surface area contributed by atoms with Gasteiger partial charge < -0.3 is 15.7 Å². The van der Waals surface area contributed by atoms with Crippen LogP contribution in [0.4, 0.5) is 11.8 Å². The second-order valence-electron chi connectivity index (χ2n) is 5.25. The average Bonchev–Trinajstić information content (AvgIpc) is 3.20. The molecule has 0 radical (unpaired) electrons. The molecule has 0 bridgehead atoms. The third-order valence-corrected chi connectivity index (χ3v) is 4.31. The van der Waals surface area contributed by atoms with Crippen molar-refractivity contribution in [1.29, 1.82) is 0 Å². The Morgan fingerprint density at radius 3 is 3.00 bits per heavy atom. The molecule has 1 fully saturated rings. The fourth-order valence-electron chi connectivity index (χ4n) is 2.15. The van der Waals surface area contributed by atoms with Crippen molar-refractivity contribution < 1.29 is 5.11 Å². The molecule has 6 heteroatoms. The van der Waals surface area contributed by atoms with E-state index < -0.39 is 0 Å². The average molecular weight is 292 g/mol. The van der Waals surface area contributed by atoms with Gasteiger partial charge in [0, 0.05) is 13.1 Å². The topological polar surface area (TPSA) is 70.1 Å². The Morgan fingerprint density at radius 2 is 2.25 bits per heavy atom. The molecule has 0 spiro atoms. The molecule has 3 N–H and O–H groups in total. The molecule has 1 aliphatic carbocycles. The number of anilines is 2. The fraction of sp³-hybridized carbons (Fsp3) is 0.571. The number of hydrogen-bond donors (Lipinski definition) is 3. The van der Waals surface area contributed by atoms with Gasteiger partial charge in [0.2, 0.25) is 5.95 Å². The number of hydrogen-bond acceptors (Lipinski definition) is 6. The van der Waals surface area contributed by atoms with Crippen molar-refractivity contribution in [3.63, 3.8) is 0 Å². The highest BCUT2D eigenvalue weighted by Crippen LogP contribution is 2.33. The standard InChI is InChI=1S/C14H20N4OS/c1-2-6-15-14-17-12(10-5-7-20-13(10)18-14)16-8-11(19)9-3-4-9/h5,7,9,11,19H,2-4,6,8H2,1H3,(H2,15,16,17,18). The number of nitrogens with zero attached hydrogens (tertiary/aromatic N) is 2. The molecule has 20 heavy (non-hydrogen) atoms. The lowest BCUT2D eigenvalue weighted by Gasteiger charge is -2.13. The highest BCUT2D eigenvalue weighted by molar-refractivity contribution is 7.16. The van der Waals surface area contributed by atoms with Crippen molar-refractivity contribution in [3.05, 3.63) is 11.4 Å². The highest BCUT2D eigenvalue weighted by atomic mass is 32.1. The van der Waals surface area contributed by atoms with Gasteiger partial charge in [-0.1, -0.05) is 6.92 Å². The van der Waals surface area contributed by atoms with E-state index in [1.807, 2.05) is 11.4 Å². The van der Waals surface area contributed by atoms with Gasteiger partial charge in [0.15, 0.2) is 0 Å². The van der Waals surface area contributed by atoms with Gasteiger partial charge >= 0.3 is 0 Å². The van der Waals surface area contributed by atoms with Crippen LogP contribution in [0.5, 0.6) is 0 Å². The van der Waals surface area contributed by atoms with Crippen LogP contribution >= 0.6 is 11.3 Å². The van der Waals surface area contributed by atoms with Gasteiger partial charge in [-0.15, -0.1) is 11.3 Å². The van der Waals surface area contributed by atoms with Crippen molar-refractivity contribution in [1.82, 2.24) is 9.97 Å². The molecule has 2 heterocycles. The molecule has 108 valence electrons. The molecule has 2 aromatic heterocycles. The molecule has 0 amide bonds. The zero-order valence-electron chi connectivity index (χ0n) is 11.6. The summed E-state index contributed by atoms with van der Waals surface area (Å²) in [6.07, 6.45) is 3.05. The van der Waals surface area contributed by atoms with Crippen LogP contribution in [-0.2, 0) is 0 Å². The molecule has 0 aliphatic heterocycles. The Bertz CT molecular complexity index is 582. The fourth-order valence-corrected chi connectivity index (χ4v) is 2.92. The molecule has 0 aromatic carbocycles. The lowest BCUT2D eigenvalue weighted by Crippen LogP contribution is -2.22. The van der Waals surface area contributed by atoms with Gasteiger partial charge in [-0.2, -0.15) is 4.98 Å². The van der Waals surface area contributed by atoms with E-state index in [0.29, 0.717) is 18.4 Å². The predicted octanol–water partition coefficient (Wildman–Crippen LogP) is 2.70. The van der Waals surface area contributed by atoms with Crippen molar-refractivity contribution in [2.24, 2.45) is 5.92 Å². The Morgan fingerprint density at radius 1 is 1.40 bits per heavy atom. The Kier molecular flexibility index (Phi) is 4.03. The number of aromatic nitrogens is 2. The minimum absolute atomic E-state index is 0.272. The molecule has 2 aromatic rings. The largest absolute Gasteiger partial charge is 0.391 e. The first-order chi connectivity index (χ1) is 9.78. The molecule has 1 unspecified atom stereocenters. The molecule has 1 atom stereocenters. The van der Waals surface area contributed by atoms with E-state index in [0.717, 1.165) is 41.8 Å². The van der Waals surface area contributed by atoms with Gasteiger partial charge in [-0.05, 0) is 36.6 Å². The third-order valence-electron chi connectivity index (χ3n) is 3.50. The van der Waals surface area contributed by atoms with Gasteiger partial charge in [-0.3, -0.25) is 0 Å². The Balaban J connectivity index is 1.77. The van der Waals surface area contributed by atoms with E-state index in [9.17, 15) is 5.11 Å². The van der Waals surface area contributed by atoms with Crippen LogP contribution in [0.3, 0.4) is 0 Å². The van der Waals surface area contributed by atoms with Crippen molar-refractivity contribution in [2.75, 3.05) is 23.7 Å². The van der Waals surface area contributed by atoms with Crippen molar-refractivity contribution >= 4 is 33.3 Å². The van der Waals surface area contributed by atoms with E-state index in [1.165, 1.54) is 0 Å². The predicted molar refractivity (Wildman–Crippen MR) is 83.4 cm³/mol. The smallest absolute Gasteiger partial charge is 0.226 e. The van der Waals surface area contributed by atoms with Crippen LogP contribution in [0, 0.1) is 5.92 Å². The monoisotopic (exact) mass is 292 g/mol. The van der Waals surface area contributed by atoms with Crippen molar-refractivity contribution in [2.45, 2.75) is 32.3 Å². The number of thiophene rings is 1. The number of rotatable bonds is 7. The normalized spacial score (nSPS) is 16.3. The first-order valence-electron chi connectivity index (χ1n) is 7.19. The third kappa shape index (κ3) is 3.02. The van der Waals surface area contributed by atoms with Gasteiger partial charge in [0.1, 0.15) is 10.6 Å². The first kappa shape index (κ1) is 13.6. The summed E-state index contributed by atoms with van der Waals surface area (Å²) < 4.78 is 0. The zero-order valence-corrected chi connectivity index (χ0v) is 12.4. The quantitative estimate of drug-likeness (QED) is 0.732. The SMILES string of the molecule is CCCNc1nc(NCC(O)C2CC2)c2ccsc2n1. The lowest BCUT2D eigenvalue weighted by molar-refractivity contribution is 0.164. The summed E-state index contributed by atoms with van der Waals surface area (Å²) in [6, 6.07) is 2.02. The van der Waals surface area contributed by atoms with Crippen LogP contribution in [0.15, 0.2) is 11.4 Å². The highest BCUT2D eigenvalue weighted by Gasteiger charge is 2.29.